The van der Waals surface area contributed by atoms with Crippen LogP contribution < -0.4 is 5.32 Å². The lowest BCUT2D eigenvalue weighted by atomic mass is 10.2. The van der Waals surface area contributed by atoms with E-state index < -0.39 is 0 Å². The topological polar surface area (TPSA) is 24.9 Å². The Morgan fingerprint density at radius 2 is 2.06 bits per heavy atom. The van der Waals surface area contributed by atoms with Crippen molar-refractivity contribution in [3.63, 3.8) is 0 Å². The zero-order valence-electron chi connectivity index (χ0n) is 9.31. The molecule has 0 aliphatic heterocycles. The van der Waals surface area contributed by atoms with E-state index in [1.54, 1.807) is 23.1 Å². The second-order valence-corrected chi connectivity index (χ2v) is 5.11. The first-order chi connectivity index (χ1) is 7.79. The lowest BCUT2D eigenvalue weighted by molar-refractivity contribution is 0.850. The van der Waals surface area contributed by atoms with Crippen LogP contribution in [0.4, 0.5) is 5.69 Å². The first-order valence-corrected chi connectivity index (χ1v) is 7.25. The minimum Gasteiger partial charge on any atom is -0.377 e. The molecule has 1 aromatic carbocycles. The molecule has 4 heteroatoms. The normalized spacial score (nSPS) is 12.4. The summed E-state index contributed by atoms with van der Waals surface area (Å²) in [4.78, 5) is 5.58. The SMILES string of the molecule is CSc1ccc(NC(C)c2cscn2)cc1. The minimum atomic E-state index is 0.256. The van der Waals surface area contributed by atoms with Gasteiger partial charge in [0.1, 0.15) is 0 Å². The van der Waals surface area contributed by atoms with Crippen molar-refractivity contribution < 1.29 is 0 Å². The Labute approximate surface area is 104 Å². The number of hydrogen-bond acceptors (Lipinski definition) is 4. The molecule has 2 rings (SSSR count). The van der Waals surface area contributed by atoms with Crippen LogP contribution in [0.5, 0.6) is 0 Å². The molecule has 0 bridgehead atoms. The number of thioether (sulfide) groups is 1. The van der Waals surface area contributed by atoms with Gasteiger partial charge in [0.25, 0.3) is 0 Å². The van der Waals surface area contributed by atoms with Crippen molar-refractivity contribution >= 4 is 28.8 Å². The van der Waals surface area contributed by atoms with Gasteiger partial charge in [0.05, 0.1) is 17.2 Å². The van der Waals surface area contributed by atoms with Gasteiger partial charge in [0.15, 0.2) is 0 Å². The first kappa shape index (κ1) is 11.5. The van der Waals surface area contributed by atoms with E-state index in [1.807, 2.05) is 5.51 Å². The molecule has 0 saturated carbocycles. The number of aromatic nitrogens is 1. The molecule has 1 N–H and O–H groups in total. The molecule has 0 aliphatic rings. The van der Waals surface area contributed by atoms with E-state index in [0.717, 1.165) is 11.4 Å². The van der Waals surface area contributed by atoms with Crippen molar-refractivity contribution in [1.29, 1.82) is 0 Å². The van der Waals surface area contributed by atoms with Crippen LogP contribution in [-0.4, -0.2) is 11.2 Å². The van der Waals surface area contributed by atoms with Gasteiger partial charge >= 0.3 is 0 Å². The molecule has 0 saturated heterocycles. The van der Waals surface area contributed by atoms with E-state index in [4.69, 9.17) is 0 Å². The fraction of sp³-hybridized carbons (Fsp3) is 0.250. The van der Waals surface area contributed by atoms with E-state index in [0.29, 0.717) is 0 Å². The fourth-order valence-electron chi connectivity index (χ4n) is 1.45. The predicted molar refractivity (Wildman–Crippen MR) is 72.4 cm³/mol. The lowest BCUT2D eigenvalue weighted by Gasteiger charge is -2.13. The molecule has 1 aromatic heterocycles. The Bertz CT molecular complexity index is 423. The van der Waals surface area contributed by atoms with Crippen LogP contribution in [0.2, 0.25) is 0 Å². The molecule has 0 fully saturated rings. The maximum Gasteiger partial charge on any atom is 0.0795 e. The summed E-state index contributed by atoms with van der Waals surface area (Å²) in [6.07, 6.45) is 2.08. The Morgan fingerprint density at radius 3 is 2.62 bits per heavy atom. The third-order valence-electron chi connectivity index (χ3n) is 2.37. The summed E-state index contributed by atoms with van der Waals surface area (Å²) in [6.45, 7) is 2.12. The zero-order valence-corrected chi connectivity index (χ0v) is 10.9. The molecular weight excluding hydrogens is 236 g/mol. The van der Waals surface area contributed by atoms with Crippen LogP contribution >= 0.6 is 23.1 Å². The van der Waals surface area contributed by atoms with Crippen molar-refractivity contribution in [1.82, 2.24) is 4.98 Å². The van der Waals surface area contributed by atoms with E-state index in [1.165, 1.54) is 4.90 Å². The van der Waals surface area contributed by atoms with E-state index in [-0.39, 0.29) is 6.04 Å². The molecule has 2 nitrogen and oxygen atoms in total. The highest BCUT2D eigenvalue weighted by Gasteiger charge is 2.06. The standard InChI is InChI=1S/C12H14N2S2/c1-9(12-7-16-8-13-12)14-10-3-5-11(15-2)6-4-10/h3-9,14H,1-2H3. The van der Waals surface area contributed by atoms with Crippen LogP contribution in [-0.2, 0) is 0 Å². The molecule has 1 unspecified atom stereocenters. The molecule has 0 spiro atoms. The van der Waals surface area contributed by atoms with E-state index >= 15 is 0 Å². The quantitative estimate of drug-likeness (QED) is 0.829. The van der Waals surface area contributed by atoms with Gasteiger partial charge in [-0.3, -0.25) is 0 Å². The van der Waals surface area contributed by atoms with Gasteiger partial charge in [-0.15, -0.1) is 23.1 Å². The molecule has 16 heavy (non-hydrogen) atoms. The van der Waals surface area contributed by atoms with Crippen LogP contribution in [0.1, 0.15) is 18.7 Å². The first-order valence-electron chi connectivity index (χ1n) is 5.08. The van der Waals surface area contributed by atoms with Gasteiger partial charge in [-0.2, -0.15) is 0 Å². The molecule has 1 heterocycles. The van der Waals surface area contributed by atoms with Crippen LogP contribution in [0.3, 0.4) is 0 Å². The second kappa shape index (κ2) is 5.37. The highest BCUT2D eigenvalue weighted by molar-refractivity contribution is 7.98. The number of benzene rings is 1. The minimum absolute atomic E-state index is 0.256. The van der Waals surface area contributed by atoms with Gasteiger partial charge in [-0.1, -0.05) is 0 Å². The summed E-state index contributed by atoms with van der Waals surface area (Å²) < 4.78 is 0. The lowest BCUT2D eigenvalue weighted by Crippen LogP contribution is -2.06. The zero-order chi connectivity index (χ0) is 11.4. The molecule has 1 atom stereocenters. The Balaban J connectivity index is 2.03. The fourth-order valence-corrected chi connectivity index (χ4v) is 2.50. The van der Waals surface area contributed by atoms with Crippen molar-refractivity contribution in [2.75, 3.05) is 11.6 Å². The van der Waals surface area contributed by atoms with Crippen LogP contribution in [0.25, 0.3) is 0 Å². The van der Waals surface area contributed by atoms with Gasteiger partial charge < -0.3 is 5.32 Å². The maximum absolute atomic E-state index is 4.30. The maximum atomic E-state index is 4.30. The average molecular weight is 250 g/mol. The summed E-state index contributed by atoms with van der Waals surface area (Å²) in [5.74, 6) is 0. The Hall–Kier alpha value is -1.00. The van der Waals surface area contributed by atoms with Gasteiger partial charge in [-0.25, -0.2) is 4.98 Å². The summed E-state index contributed by atoms with van der Waals surface area (Å²) in [5, 5.41) is 5.51. The summed E-state index contributed by atoms with van der Waals surface area (Å²) in [5.41, 5.74) is 4.10. The van der Waals surface area contributed by atoms with Crippen LogP contribution in [0, 0.1) is 0 Å². The third kappa shape index (κ3) is 2.77. The van der Waals surface area contributed by atoms with Crippen molar-refractivity contribution in [2.24, 2.45) is 0 Å². The number of nitrogens with one attached hydrogen (secondary N) is 1. The average Bonchev–Trinajstić information content (AvgIpc) is 2.83. The van der Waals surface area contributed by atoms with Crippen molar-refractivity contribution in [3.05, 3.63) is 40.8 Å². The smallest absolute Gasteiger partial charge is 0.0795 e. The molecule has 0 aliphatic carbocycles. The number of hydrogen-bond donors (Lipinski definition) is 1. The monoisotopic (exact) mass is 250 g/mol. The van der Waals surface area contributed by atoms with Crippen LogP contribution in [0.15, 0.2) is 40.1 Å². The van der Waals surface area contributed by atoms with Gasteiger partial charge in [0, 0.05) is 16.0 Å². The summed E-state index contributed by atoms with van der Waals surface area (Å²) in [6, 6.07) is 8.72. The summed E-state index contributed by atoms with van der Waals surface area (Å²) in [7, 11) is 0. The Kier molecular flexibility index (Phi) is 3.85. The molecule has 84 valence electrons. The van der Waals surface area contributed by atoms with E-state index in [9.17, 15) is 0 Å². The second-order valence-electron chi connectivity index (χ2n) is 3.51. The molecular formula is C12H14N2S2. The van der Waals surface area contributed by atoms with E-state index in [2.05, 4.69) is 53.1 Å². The molecule has 2 aromatic rings. The molecule has 0 amide bonds. The highest BCUT2D eigenvalue weighted by atomic mass is 32.2. The number of anilines is 1. The van der Waals surface area contributed by atoms with Crippen molar-refractivity contribution in [3.8, 4) is 0 Å². The third-order valence-corrected chi connectivity index (χ3v) is 3.72. The van der Waals surface area contributed by atoms with Gasteiger partial charge in [-0.05, 0) is 37.4 Å². The number of rotatable bonds is 4. The number of thiazole rings is 1. The predicted octanol–water partition coefficient (Wildman–Crippen LogP) is 4.04. The molecule has 0 radical (unpaired) electrons. The van der Waals surface area contributed by atoms with Crippen molar-refractivity contribution in [2.45, 2.75) is 17.9 Å². The largest absolute Gasteiger partial charge is 0.377 e. The van der Waals surface area contributed by atoms with Gasteiger partial charge in [0.2, 0.25) is 0 Å². The Morgan fingerprint density at radius 1 is 1.31 bits per heavy atom. The number of nitrogens with zero attached hydrogens (tertiary/aromatic N) is 1. The highest BCUT2D eigenvalue weighted by Crippen LogP contribution is 2.21. The summed E-state index contributed by atoms with van der Waals surface area (Å²) >= 11 is 3.39.